The first-order valence-electron chi connectivity index (χ1n) is 5.89. The molecule has 1 N–H and O–H groups in total. The van der Waals surface area contributed by atoms with Gasteiger partial charge in [-0.25, -0.2) is 0 Å². The third-order valence-electron chi connectivity index (χ3n) is 2.92. The molecule has 19 heavy (non-hydrogen) atoms. The Labute approximate surface area is 118 Å². The van der Waals surface area contributed by atoms with Crippen molar-refractivity contribution in [1.82, 2.24) is 10.3 Å². The maximum absolute atomic E-state index is 11.3. The molecule has 0 aliphatic carbocycles. The zero-order valence-corrected chi connectivity index (χ0v) is 11.6. The lowest BCUT2D eigenvalue weighted by Crippen LogP contribution is -2.31. The molecule has 2 aromatic rings. The number of aromatic nitrogens is 1. The minimum Gasteiger partial charge on any atom is -0.457 e. The summed E-state index contributed by atoms with van der Waals surface area (Å²) < 4.78 is 6.83. The zero-order valence-electron chi connectivity index (χ0n) is 10.0. The number of nitrogens with one attached hydrogen (secondary N) is 1. The highest BCUT2D eigenvalue weighted by Gasteiger charge is 2.19. The Balaban J connectivity index is 1.94. The molecule has 5 heteroatoms. The molecule has 0 spiro atoms. The number of nitrogens with zero attached hydrogens (tertiary/aromatic N) is 1. The summed E-state index contributed by atoms with van der Waals surface area (Å²) >= 11 is 3.41. The highest BCUT2D eigenvalue weighted by molar-refractivity contribution is 9.10. The molecule has 1 aromatic carbocycles. The summed E-state index contributed by atoms with van der Waals surface area (Å²) in [5.41, 5.74) is 1.73. The minimum atomic E-state index is -0.000365. The average molecular weight is 319 g/mol. The Morgan fingerprint density at radius 3 is 3.05 bits per heavy atom. The van der Waals surface area contributed by atoms with Crippen molar-refractivity contribution in [1.29, 1.82) is 0 Å². The topological polar surface area (TPSA) is 51.2 Å². The summed E-state index contributed by atoms with van der Waals surface area (Å²) in [5.74, 6) is 1.49. The normalized spacial score (nSPS) is 13.6. The van der Waals surface area contributed by atoms with Crippen molar-refractivity contribution in [2.75, 3.05) is 0 Å². The van der Waals surface area contributed by atoms with Crippen LogP contribution in [0.4, 0.5) is 0 Å². The van der Waals surface area contributed by atoms with Crippen LogP contribution in [0.2, 0.25) is 0 Å². The van der Waals surface area contributed by atoms with Crippen LogP contribution in [0.15, 0.2) is 41.0 Å². The van der Waals surface area contributed by atoms with Crippen LogP contribution in [0.3, 0.4) is 0 Å². The lowest BCUT2D eigenvalue weighted by atomic mass is 10.1. The summed E-state index contributed by atoms with van der Waals surface area (Å²) in [7, 11) is 0. The van der Waals surface area contributed by atoms with Crippen molar-refractivity contribution in [3.05, 3.63) is 52.3 Å². The number of halogens is 1. The number of hydrogen-bond acceptors (Lipinski definition) is 3. The summed E-state index contributed by atoms with van der Waals surface area (Å²) in [6, 6.07) is 9.45. The molecule has 0 unspecified atom stereocenters. The monoisotopic (exact) mass is 318 g/mol. The summed E-state index contributed by atoms with van der Waals surface area (Å²) in [5, 5.41) is 2.81. The summed E-state index contributed by atoms with van der Waals surface area (Å²) in [6.45, 7) is 0.464. The van der Waals surface area contributed by atoms with E-state index < -0.39 is 0 Å². The van der Waals surface area contributed by atoms with Crippen molar-refractivity contribution < 1.29 is 9.53 Å². The van der Waals surface area contributed by atoms with Crippen molar-refractivity contribution in [2.45, 2.75) is 13.0 Å². The van der Waals surface area contributed by atoms with Gasteiger partial charge in [0.2, 0.25) is 5.91 Å². The summed E-state index contributed by atoms with van der Waals surface area (Å²) in [6.07, 6.45) is 1.98. The van der Waals surface area contributed by atoms with Crippen molar-refractivity contribution >= 4 is 21.8 Å². The van der Waals surface area contributed by atoms with Gasteiger partial charge in [0.05, 0.1) is 12.1 Å². The van der Waals surface area contributed by atoms with Gasteiger partial charge in [-0.05, 0) is 24.3 Å². The third-order valence-corrected chi connectivity index (χ3v) is 3.41. The molecule has 0 saturated heterocycles. The molecule has 0 fully saturated rings. The minimum absolute atomic E-state index is 0.000365. The molecule has 0 bridgehead atoms. The van der Waals surface area contributed by atoms with E-state index in [4.69, 9.17) is 4.74 Å². The van der Waals surface area contributed by atoms with Crippen LogP contribution in [-0.2, 0) is 17.8 Å². The number of hydrogen-bond donors (Lipinski definition) is 1. The average Bonchev–Trinajstić information content (AvgIpc) is 2.38. The Morgan fingerprint density at radius 1 is 1.32 bits per heavy atom. The predicted octanol–water partition coefficient (Wildman–Crippen LogP) is 2.81. The van der Waals surface area contributed by atoms with Gasteiger partial charge in [-0.1, -0.05) is 22.0 Å². The molecule has 1 aliphatic rings. The maximum atomic E-state index is 11.3. The van der Waals surface area contributed by atoms with Gasteiger partial charge in [0, 0.05) is 22.8 Å². The number of rotatable bonds is 2. The van der Waals surface area contributed by atoms with Crippen LogP contribution in [0.25, 0.3) is 0 Å². The fourth-order valence-electron chi connectivity index (χ4n) is 2.01. The number of amides is 1. The standard InChI is InChI=1S/C14H11BrN2O2/c15-9-2-1-3-10(6-9)19-13-4-5-16-12-7-14(18)17-8-11(12)13/h1-6H,7-8H2,(H,17,18). The predicted molar refractivity (Wildman–Crippen MR) is 74.0 cm³/mol. The number of carbonyl (C=O) groups excluding carboxylic acids is 1. The lowest BCUT2D eigenvalue weighted by molar-refractivity contribution is -0.121. The van der Waals surface area contributed by atoms with E-state index in [2.05, 4.69) is 26.2 Å². The van der Waals surface area contributed by atoms with Gasteiger partial charge >= 0.3 is 0 Å². The van der Waals surface area contributed by atoms with E-state index in [1.54, 1.807) is 6.20 Å². The Bertz CT molecular complexity index is 643. The molecule has 2 heterocycles. The number of pyridine rings is 1. The number of ether oxygens (including phenoxy) is 1. The molecule has 0 radical (unpaired) electrons. The molecule has 1 aromatic heterocycles. The Morgan fingerprint density at radius 2 is 2.21 bits per heavy atom. The van der Waals surface area contributed by atoms with Crippen molar-refractivity contribution in [3.8, 4) is 11.5 Å². The van der Waals surface area contributed by atoms with Gasteiger partial charge < -0.3 is 10.1 Å². The van der Waals surface area contributed by atoms with Crippen LogP contribution in [-0.4, -0.2) is 10.9 Å². The molecule has 1 aliphatic heterocycles. The molecule has 0 saturated carbocycles. The van der Waals surface area contributed by atoms with Gasteiger partial charge in [0.25, 0.3) is 0 Å². The van der Waals surface area contributed by atoms with Crippen LogP contribution in [0.5, 0.6) is 11.5 Å². The maximum Gasteiger partial charge on any atom is 0.226 e. The van der Waals surface area contributed by atoms with Crippen LogP contribution >= 0.6 is 15.9 Å². The van der Waals surface area contributed by atoms with Crippen molar-refractivity contribution in [3.63, 3.8) is 0 Å². The Kier molecular flexibility index (Phi) is 3.21. The first-order valence-corrected chi connectivity index (χ1v) is 6.68. The quantitative estimate of drug-likeness (QED) is 0.926. The van der Waals surface area contributed by atoms with E-state index in [0.717, 1.165) is 27.2 Å². The third kappa shape index (κ3) is 2.61. The molecule has 0 atom stereocenters. The van der Waals surface area contributed by atoms with Gasteiger partial charge in [-0.15, -0.1) is 0 Å². The summed E-state index contributed by atoms with van der Waals surface area (Å²) in [4.78, 5) is 15.6. The zero-order chi connectivity index (χ0) is 13.2. The van der Waals surface area contributed by atoms with E-state index in [9.17, 15) is 4.79 Å². The first kappa shape index (κ1) is 12.2. The molecular formula is C14H11BrN2O2. The van der Waals surface area contributed by atoms with Crippen LogP contribution < -0.4 is 10.1 Å². The number of benzene rings is 1. The lowest BCUT2D eigenvalue weighted by Gasteiger charge is -2.19. The highest BCUT2D eigenvalue weighted by Crippen LogP contribution is 2.29. The van der Waals surface area contributed by atoms with Gasteiger partial charge in [-0.3, -0.25) is 9.78 Å². The largest absolute Gasteiger partial charge is 0.457 e. The Hall–Kier alpha value is -1.88. The second-order valence-electron chi connectivity index (χ2n) is 4.25. The second kappa shape index (κ2) is 5.01. The highest BCUT2D eigenvalue weighted by atomic mass is 79.9. The first-order chi connectivity index (χ1) is 9.22. The fourth-order valence-corrected chi connectivity index (χ4v) is 2.39. The van der Waals surface area contributed by atoms with E-state index >= 15 is 0 Å². The number of fused-ring (bicyclic) bond motifs is 1. The van der Waals surface area contributed by atoms with Crippen molar-refractivity contribution in [2.24, 2.45) is 0 Å². The van der Waals surface area contributed by atoms with E-state index in [-0.39, 0.29) is 5.91 Å². The molecular weight excluding hydrogens is 308 g/mol. The van der Waals surface area contributed by atoms with Gasteiger partial charge in [-0.2, -0.15) is 0 Å². The molecule has 96 valence electrons. The smallest absolute Gasteiger partial charge is 0.226 e. The van der Waals surface area contributed by atoms with Gasteiger partial charge in [0.1, 0.15) is 11.5 Å². The van der Waals surface area contributed by atoms with Gasteiger partial charge in [0.15, 0.2) is 0 Å². The number of carbonyl (C=O) groups is 1. The van der Waals surface area contributed by atoms with Crippen LogP contribution in [0, 0.1) is 0 Å². The van der Waals surface area contributed by atoms with Crippen LogP contribution in [0.1, 0.15) is 11.3 Å². The van der Waals surface area contributed by atoms with E-state index in [1.807, 2.05) is 30.3 Å². The fraction of sp³-hybridized carbons (Fsp3) is 0.143. The molecule has 4 nitrogen and oxygen atoms in total. The molecule has 1 amide bonds. The SMILES string of the molecule is O=C1Cc2nccc(Oc3cccc(Br)c3)c2CN1. The molecule has 3 rings (SSSR count). The van der Waals surface area contributed by atoms with E-state index in [1.165, 1.54) is 0 Å². The van der Waals surface area contributed by atoms with E-state index in [0.29, 0.717) is 13.0 Å². The second-order valence-corrected chi connectivity index (χ2v) is 5.16.